The van der Waals surface area contributed by atoms with Crippen LogP contribution in [0.5, 0.6) is 11.5 Å². The molecule has 0 radical (unpaired) electrons. The molecule has 0 N–H and O–H groups in total. The molecular formula is C25H25N7O2. The molecule has 5 aromatic rings. The standard InChI is InChI=1S/C25H25N7O2/c1-4-30-15-21(28-29-30)24-22(33-2)10-16(11-23(24)34-3)20-13-27-31-9-5-6-19(25(20)31)17-12-26-32(14-17)18-7-8-18/h5-6,9-15,18H,4,7-8H2,1-3H3. The molecule has 34 heavy (non-hydrogen) atoms. The molecule has 0 spiro atoms. The lowest BCUT2D eigenvalue weighted by Gasteiger charge is -2.14. The number of nitrogens with zero attached hydrogens (tertiary/aromatic N) is 7. The summed E-state index contributed by atoms with van der Waals surface area (Å²) in [5, 5.41) is 17.7. The summed E-state index contributed by atoms with van der Waals surface area (Å²) in [4.78, 5) is 0. The number of methoxy groups -OCH3 is 2. The molecule has 0 saturated heterocycles. The zero-order valence-corrected chi connectivity index (χ0v) is 19.3. The summed E-state index contributed by atoms with van der Waals surface area (Å²) in [6, 6.07) is 8.66. The quantitative estimate of drug-likeness (QED) is 0.359. The molecule has 6 rings (SSSR count). The van der Waals surface area contributed by atoms with Crippen LogP contribution >= 0.6 is 0 Å². The van der Waals surface area contributed by atoms with Crippen LogP contribution in [0, 0.1) is 0 Å². The van der Waals surface area contributed by atoms with Gasteiger partial charge in [0.1, 0.15) is 17.2 Å². The Bertz CT molecular complexity index is 1470. The van der Waals surface area contributed by atoms with Gasteiger partial charge in [-0.25, -0.2) is 4.52 Å². The predicted molar refractivity (Wildman–Crippen MR) is 128 cm³/mol. The number of hydrogen-bond acceptors (Lipinski definition) is 6. The minimum absolute atomic E-state index is 0.532. The van der Waals surface area contributed by atoms with Gasteiger partial charge in [0.05, 0.1) is 49.9 Å². The van der Waals surface area contributed by atoms with Gasteiger partial charge in [0.15, 0.2) is 0 Å². The van der Waals surface area contributed by atoms with Crippen LogP contribution in [0.1, 0.15) is 25.8 Å². The molecule has 1 fully saturated rings. The largest absolute Gasteiger partial charge is 0.496 e. The molecule has 0 amide bonds. The highest BCUT2D eigenvalue weighted by Gasteiger charge is 2.25. The summed E-state index contributed by atoms with van der Waals surface area (Å²) in [5.41, 5.74) is 6.56. The summed E-state index contributed by atoms with van der Waals surface area (Å²) in [7, 11) is 3.31. The molecule has 172 valence electrons. The van der Waals surface area contributed by atoms with Crippen LogP contribution in [0.15, 0.2) is 55.2 Å². The van der Waals surface area contributed by atoms with Crippen molar-refractivity contribution < 1.29 is 9.47 Å². The van der Waals surface area contributed by atoms with Crippen LogP contribution < -0.4 is 9.47 Å². The Morgan fingerprint density at radius 3 is 2.44 bits per heavy atom. The SMILES string of the molecule is CCn1cc(-c2c(OC)cc(-c3cnn4cccc(-c5cnn(C6CC6)c5)c34)cc2OC)nn1. The molecule has 1 saturated carbocycles. The fraction of sp³-hybridized carbons (Fsp3) is 0.280. The van der Waals surface area contributed by atoms with E-state index in [0.29, 0.717) is 23.2 Å². The molecule has 4 aromatic heterocycles. The first-order valence-electron chi connectivity index (χ1n) is 11.4. The van der Waals surface area contributed by atoms with Crippen molar-refractivity contribution in [1.82, 2.24) is 34.4 Å². The van der Waals surface area contributed by atoms with Gasteiger partial charge in [0, 0.05) is 35.6 Å². The minimum Gasteiger partial charge on any atom is -0.496 e. The zero-order chi connectivity index (χ0) is 23.2. The number of hydrogen-bond donors (Lipinski definition) is 0. The number of aryl methyl sites for hydroxylation is 1. The summed E-state index contributed by atoms with van der Waals surface area (Å²) in [6.45, 7) is 2.76. The van der Waals surface area contributed by atoms with Gasteiger partial charge in [-0.3, -0.25) is 9.36 Å². The van der Waals surface area contributed by atoms with E-state index in [1.165, 1.54) is 12.8 Å². The van der Waals surface area contributed by atoms with Crippen molar-refractivity contribution in [3.05, 3.63) is 55.2 Å². The summed E-state index contributed by atoms with van der Waals surface area (Å²) < 4.78 is 17.3. The van der Waals surface area contributed by atoms with E-state index in [4.69, 9.17) is 9.47 Å². The van der Waals surface area contributed by atoms with Gasteiger partial charge in [-0.05, 0) is 43.5 Å². The smallest absolute Gasteiger partial charge is 0.132 e. The van der Waals surface area contributed by atoms with Crippen molar-refractivity contribution in [2.45, 2.75) is 32.4 Å². The van der Waals surface area contributed by atoms with Crippen molar-refractivity contribution in [3.8, 4) is 45.0 Å². The first-order chi connectivity index (χ1) is 16.7. The van der Waals surface area contributed by atoms with Crippen LogP contribution in [0.25, 0.3) is 39.0 Å². The molecular weight excluding hydrogens is 430 g/mol. The van der Waals surface area contributed by atoms with E-state index in [0.717, 1.165) is 39.9 Å². The highest BCUT2D eigenvalue weighted by atomic mass is 16.5. The van der Waals surface area contributed by atoms with Crippen LogP contribution in [-0.4, -0.2) is 48.6 Å². The maximum Gasteiger partial charge on any atom is 0.132 e. The van der Waals surface area contributed by atoms with Crippen molar-refractivity contribution in [2.24, 2.45) is 0 Å². The van der Waals surface area contributed by atoms with E-state index in [1.807, 2.05) is 54.4 Å². The van der Waals surface area contributed by atoms with E-state index in [-0.39, 0.29) is 0 Å². The molecule has 9 heteroatoms. The lowest BCUT2D eigenvalue weighted by atomic mass is 9.99. The van der Waals surface area contributed by atoms with Crippen LogP contribution in [0.3, 0.4) is 0 Å². The second-order valence-corrected chi connectivity index (χ2v) is 8.43. The second kappa shape index (κ2) is 8.02. The molecule has 1 aliphatic carbocycles. The number of benzene rings is 1. The fourth-order valence-electron chi connectivity index (χ4n) is 4.39. The zero-order valence-electron chi connectivity index (χ0n) is 19.3. The molecule has 0 unspecified atom stereocenters. The molecule has 1 aliphatic rings. The maximum absolute atomic E-state index is 5.79. The first-order valence-corrected chi connectivity index (χ1v) is 11.4. The second-order valence-electron chi connectivity index (χ2n) is 8.43. The van der Waals surface area contributed by atoms with Crippen molar-refractivity contribution in [3.63, 3.8) is 0 Å². The van der Waals surface area contributed by atoms with E-state index < -0.39 is 0 Å². The van der Waals surface area contributed by atoms with Crippen LogP contribution in [-0.2, 0) is 6.54 Å². The Kier molecular flexibility index (Phi) is 4.83. The Labute approximate surface area is 196 Å². The summed E-state index contributed by atoms with van der Waals surface area (Å²) in [6.07, 6.45) is 12.2. The minimum atomic E-state index is 0.532. The predicted octanol–water partition coefficient (Wildman–Crippen LogP) is 4.50. The average Bonchev–Trinajstić information content (AvgIpc) is 3.27. The van der Waals surface area contributed by atoms with Crippen molar-refractivity contribution in [2.75, 3.05) is 14.2 Å². The van der Waals surface area contributed by atoms with Gasteiger partial charge in [-0.2, -0.15) is 10.2 Å². The number of fused-ring (bicyclic) bond motifs is 1. The highest BCUT2D eigenvalue weighted by molar-refractivity contribution is 5.94. The molecule has 9 nitrogen and oxygen atoms in total. The van der Waals surface area contributed by atoms with Gasteiger partial charge in [-0.1, -0.05) is 11.3 Å². The average molecular weight is 456 g/mol. The highest BCUT2D eigenvalue weighted by Crippen LogP contribution is 2.43. The third-order valence-corrected chi connectivity index (χ3v) is 6.31. The Hall–Kier alpha value is -4.14. The van der Waals surface area contributed by atoms with E-state index in [2.05, 4.69) is 37.5 Å². The van der Waals surface area contributed by atoms with Crippen LogP contribution in [0.2, 0.25) is 0 Å². The van der Waals surface area contributed by atoms with Gasteiger partial charge in [0.25, 0.3) is 0 Å². The molecule has 1 aromatic carbocycles. The Balaban J connectivity index is 1.51. The summed E-state index contributed by atoms with van der Waals surface area (Å²) in [5.74, 6) is 1.33. The van der Waals surface area contributed by atoms with E-state index in [1.54, 1.807) is 18.9 Å². The van der Waals surface area contributed by atoms with Crippen LogP contribution in [0.4, 0.5) is 0 Å². The molecule has 4 heterocycles. The Morgan fingerprint density at radius 2 is 1.76 bits per heavy atom. The van der Waals surface area contributed by atoms with Crippen molar-refractivity contribution in [1.29, 1.82) is 0 Å². The topological polar surface area (TPSA) is 84.3 Å². The number of aromatic nitrogens is 7. The number of pyridine rings is 1. The van der Waals surface area contributed by atoms with E-state index in [9.17, 15) is 0 Å². The maximum atomic E-state index is 5.79. The third kappa shape index (κ3) is 3.32. The fourth-order valence-corrected chi connectivity index (χ4v) is 4.39. The van der Waals surface area contributed by atoms with Gasteiger partial charge in [-0.15, -0.1) is 5.10 Å². The third-order valence-electron chi connectivity index (χ3n) is 6.31. The van der Waals surface area contributed by atoms with E-state index >= 15 is 0 Å². The lowest BCUT2D eigenvalue weighted by Crippen LogP contribution is -1.95. The molecule has 0 aliphatic heterocycles. The molecule has 0 atom stereocenters. The Morgan fingerprint density at radius 1 is 0.971 bits per heavy atom. The lowest BCUT2D eigenvalue weighted by molar-refractivity contribution is 0.397. The molecule has 0 bridgehead atoms. The van der Waals surface area contributed by atoms with Gasteiger partial charge < -0.3 is 9.47 Å². The van der Waals surface area contributed by atoms with Gasteiger partial charge in [0.2, 0.25) is 0 Å². The number of rotatable bonds is 7. The normalized spacial score (nSPS) is 13.5. The van der Waals surface area contributed by atoms with Crippen molar-refractivity contribution >= 4 is 5.52 Å². The number of ether oxygens (including phenoxy) is 2. The monoisotopic (exact) mass is 455 g/mol. The first kappa shape index (κ1) is 20.5. The van der Waals surface area contributed by atoms with Gasteiger partial charge >= 0.3 is 0 Å². The summed E-state index contributed by atoms with van der Waals surface area (Å²) >= 11 is 0.